The topological polar surface area (TPSA) is 104 Å². The van der Waals surface area contributed by atoms with E-state index in [0.29, 0.717) is 40.9 Å². The third kappa shape index (κ3) is 4.32. The number of nitrogen functional groups attached to an aromatic ring is 1. The third-order valence-electron chi connectivity index (χ3n) is 7.82. The fourth-order valence-corrected chi connectivity index (χ4v) is 6.18. The van der Waals surface area contributed by atoms with Crippen LogP contribution in [0.1, 0.15) is 31.7 Å². The molecule has 1 aromatic carbocycles. The second kappa shape index (κ2) is 9.55. The van der Waals surface area contributed by atoms with E-state index in [9.17, 15) is 4.79 Å². The molecule has 0 radical (unpaired) electrons. The van der Waals surface area contributed by atoms with Crippen LogP contribution in [-0.2, 0) is 18.3 Å². The lowest BCUT2D eigenvalue weighted by atomic mass is 9.77. The van der Waals surface area contributed by atoms with Crippen LogP contribution in [0, 0.1) is 5.41 Å². The van der Waals surface area contributed by atoms with Crippen molar-refractivity contribution in [3.63, 3.8) is 0 Å². The number of hydrogen-bond donors (Lipinski definition) is 1. The lowest BCUT2D eigenvalue weighted by Gasteiger charge is -2.39. The Bertz CT molecular complexity index is 1580. The lowest BCUT2D eigenvalue weighted by molar-refractivity contribution is 0.0974. The Morgan fingerprint density at radius 3 is 2.58 bits per heavy atom. The van der Waals surface area contributed by atoms with Gasteiger partial charge in [-0.3, -0.25) is 9.36 Å². The van der Waals surface area contributed by atoms with Gasteiger partial charge >= 0.3 is 0 Å². The van der Waals surface area contributed by atoms with Gasteiger partial charge in [0.25, 0.3) is 5.56 Å². The van der Waals surface area contributed by atoms with E-state index >= 15 is 0 Å². The number of ether oxygens (including phenoxy) is 1. The van der Waals surface area contributed by atoms with Crippen LogP contribution in [0.3, 0.4) is 0 Å². The number of benzene rings is 1. The van der Waals surface area contributed by atoms with E-state index in [0.717, 1.165) is 44.5 Å². The maximum Gasteiger partial charge on any atom is 0.266 e. The molecule has 11 heteroatoms. The van der Waals surface area contributed by atoms with E-state index in [1.807, 2.05) is 30.3 Å². The van der Waals surface area contributed by atoms with Crippen molar-refractivity contribution < 1.29 is 4.74 Å². The molecule has 2 N–H and O–H groups in total. The van der Waals surface area contributed by atoms with Crippen molar-refractivity contribution in [3.05, 3.63) is 62.5 Å². The van der Waals surface area contributed by atoms with E-state index in [1.54, 1.807) is 22.4 Å². The molecule has 0 saturated carbocycles. The maximum absolute atomic E-state index is 13.9. The van der Waals surface area contributed by atoms with E-state index < -0.39 is 0 Å². The summed E-state index contributed by atoms with van der Waals surface area (Å²) < 4.78 is 9.25. The van der Waals surface area contributed by atoms with Crippen LogP contribution in [-0.4, -0.2) is 50.1 Å². The minimum atomic E-state index is -0.208. The van der Waals surface area contributed by atoms with Crippen LogP contribution in [0.15, 0.2) is 41.2 Å². The summed E-state index contributed by atoms with van der Waals surface area (Å²) in [5.41, 5.74) is 8.34. The van der Waals surface area contributed by atoms with Crippen molar-refractivity contribution >= 4 is 46.0 Å². The highest BCUT2D eigenvalue weighted by atomic mass is 35.5. The Kier molecular flexibility index (Phi) is 6.32. The summed E-state index contributed by atoms with van der Waals surface area (Å²) in [6, 6.07) is 11.5. The first-order chi connectivity index (χ1) is 18.2. The zero-order valence-corrected chi connectivity index (χ0v) is 22.8. The molecule has 1 atom stereocenters. The van der Waals surface area contributed by atoms with Gasteiger partial charge in [0, 0.05) is 25.7 Å². The first-order valence-corrected chi connectivity index (χ1v) is 13.5. The average Bonchev–Trinajstić information content (AvgIpc) is 3.45. The number of hydrogen-bond acceptors (Lipinski definition) is 7. The summed E-state index contributed by atoms with van der Waals surface area (Å²) in [4.78, 5) is 25.2. The number of nitrogens with two attached hydrogens (primary N) is 1. The van der Waals surface area contributed by atoms with Crippen molar-refractivity contribution in [3.8, 4) is 11.3 Å². The monoisotopic (exact) mass is 553 g/mol. The van der Waals surface area contributed by atoms with Gasteiger partial charge in [-0.1, -0.05) is 53.5 Å². The molecule has 1 spiro atoms. The fourth-order valence-electron chi connectivity index (χ4n) is 5.80. The summed E-state index contributed by atoms with van der Waals surface area (Å²) in [5, 5.41) is 5.44. The van der Waals surface area contributed by atoms with Gasteiger partial charge in [-0.25, -0.2) is 9.67 Å². The van der Waals surface area contributed by atoms with E-state index in [1.165, 1.54) is 0 Å². The van der Waals surface area contributed by atoms with Crippen LogP contribution in [0.4, 0.5) is 11.8 Å². The summed E-state index contributed by atoms with van der Waals surface area (Å²) >= 11 is 12.8. The highest BCUT2D eigenvalue weighted by molar-refractivity contribution is 6.43. The standard InChI is InChI=1S/C27H29Cl2N7O2/c1-16-13-27(15-38-16)8-10-35(11-9-27)26-32-24-20(25(37)34(26)2)22(18-12-19(30)31-23(29)21(18)28)33-36(24)14-17-6-4-3-5-7-17/h3-7,12,16H,8-11,13-15H2,1-2H3,(H2,30,31)/t16-/m0/s1. The Balaban J connectivity index is 1.48. The number of anilines is 2. The molecule has 0 unspecified atom stereocenters. The highest BCUT2D eigenvalue weighted by Gasteiger charge is 2.41. The predicted molar refractivity (Wildman–Crippen MR) is 150 cm³/mol. The van der Waals surface area contributed by atoms with Gasteiger partial charge in [-0.05, 0) is 43.2 Å². The molecule has 9 nitrogen and oxygen atoms in total. The van der Waals surface area contributed by atoms with Crippen LogP contribution in [0.5, 0.6) is 0 Å². The molecule has 4 aromatic rings. The lowest BCUT2D eigenvalue weighted by Crippen LogP contribution is -2.43. The number of rotatable bonds is 4. The van der Waals surface area contributed by atoms with Gasteiger partial charge in [0.15, 0.2) is 10.8 Å². The largest absolute Gasteiger partial charge is 0.384 e. The zero-order valence-electron chi connectivity index (χ0n) is 21.3. The summed E-state index contributed by atoms with van der Waals surface area (Å²) in [7, 11) is 1.75. The van der Waals surface area contributed by atoms with Gasteiger partial charge < -0.3 is 15.4 Å². The Morgan fingerprint density at radius 1 is 1.16 bits per heavy atom. The number of nitrogens with zero attached hydrogens (tertiary/aromatic N) is 6. The molecule has 2 aliphatic heterocycles. The minimum Gasteiger partial charge on any atom is -0.384 e. The normalized spacial score (nSPS) is 19.1. The molecule has 3 aromatic heterocycles. The molecule has 6 rings (SSSR count). The van der Waals surface area contributed by atoms with Gasteiger partial charge in [0.1, 0.15) is 16.9 Å². The summed E-state index contributed by atoms with van der Waals surface area (Å²) in [6.45, 7) is 5.00. The van der Waals surface area contributed by atoms with Crippen molar-refractivity contribution in [2.75, 3.05) is 30.3 Å². The molecule has 0 amide bonds. The van der Waals surface area contributed by atoms with Crippen LogP contribution in [0.2, 0.25) is 10.2 Å². The van der Waals surface area contributed by atoms with Crippen LogP contribution < -0.4 is 16.2 Å². The zero-order chi connectivity index (χ0) is 26.6. The second-order valence-electron chi connectivity index (χ2n) is 10.5. The Hall–Kier alpha value is -3.14. The van der Waals surface area contributed by atoms with Crippen LogP contribution >= 0.6 is 23.2 Å². The number of pyridine rings is 1. The van der Waals surface area contributed by atoms with Gasteiger partial charge in [-0.2, -0.15) is 10.1 Å². The molecular formula is C27H29Cl2N7O2. The van der Waals surface area contributed by atoms with Crippen molar-refractivity contribution in [2.24, 2.45) is 12.5 Å². The first kappa shape index (κ1) is 25.2. The van der Waals surface area contributed by atoms with Crippen LogP contribution in [0.25, 0.3) is 22.3 Å². The van der Waals surface area contributed by atoms with Crippen molar-refractivity contribution in [1.29, 1.82) is 0 Å². The Labute approximate surface area is 230 Å². The predicted octanol–water partition coefficient (Wildman–Crippen LogP) is 4.52. The van der Waals surface area contributed by atoms with Gasteiger partial charge in [0.05, 0.1) is 24.3 Å². The first-order valence-electron chi connectivity index (χ1n) is 12.7. The molecule has 38 heavy (non-hydrogen) atoms. The highest BCUT2D eigenvalue weighted by Crippen LogP contribution is 2.42. The number of halogens is 2. The molecule has 0 bridgehead atoms. The summed E-state index contributed by atoms with van der Waals surface area (Å²) in [5.74, 6) is 0.817. The maximum atomic E-state index is 13.9. The third-order valence-corrected chi connectivity index (χ3v) is 8.57. The van der Waals surface area contributed by atoms with E-state index in [4.69, 9.17) is 43.8 Å². The number of aromatic nitrogens is 5. The van der Waals surface area contributed by atoms with Crippen molar-refractivity contribution in [2.45, 2.75) is 38.8 Å². The van der Waals surface area contributed by atoms with Gasteiger partial charge in [-0.15, -0.1) is 0 Å². The SMILES string of the molecule is C[C@H]1CC2(CCN(c3nc4c(c(-c5cc(N)nc(Cl)c5Cl)nn4Cc4ccccc4)c(=O)n3C)CC2)CO1. The molecule has 0 aliphatic carbocycles. The summed E-state index contributed by atoms with van der Waals surface area (Å²) in [6.07, 6.45) is 3.39. The Morgan fingerprint density at radius 2 is 1.89 bits per heavy atom. The average molecular weight is 554 g/mol. The number of fused-ring (bicyclic) bond motifs is 1. The quantitative estimate of drug-likeness (QED) is 0.370. The van der Waals surface area contributed by atoms with Crippen molar-refractivity contribution in [1.82, 2.24) is 24.3 Å². The second-order valence-corrected chi connectivity index (χ2v) is 11.2. The van der Waals surface area contributed by atoms with Gasteiger partial charge in [0.2, 0.25) is 5.95 Å². The minimum absolute atomic E-state index is 0.0567. The molecule has 5 heterocycles. The number of piperidine rings is 1. The molecular weight excluding hydrogens is 525 g/mol. The van der Waals surface area contributed by atoms with E-state index in [2.05, 4.69) is 16.8 Å². The molecule has 2 fully saturated rings. The molecule has 2 aliphatic rings. The molecule has 2 saturated heterocycles. The smallest absolute Gasteiger partial charge is 0.266 e. The van der Waals surface area contributed by atoms with E-state index in [-0.39, 0.29) is 27.0 Å². The fraction of sp³-hybridized carbons (Fsp3) is 0.407. The molecule has 198 valence electrons.